The van der Waals surface area contributed by atoms with Gasteiger partial charge in [-0.15, -0.1) is 6.58 Å². The van der Waals surface area contributed by atoms with Crippen molar-refractivity contribution in [3.63, 3.8) is 0 Å². The zero-order valence-corrected chi connectivity index (χ0v) is 17.7. The van der Waals surface area contributed by atoms with Gasteiger partial charge in [-0.2, -0.15) is 5.10 Å². The van der Waals surface area contributed by atoms with Crippen LogP contribution >= 0.6 is 0 Å². The molecule has 7 heteroatoms. The van der Waals surface area contributed by atoms with Gasteiger partial charge in [0.1, 0.15) is 0 Å². The van der Waals surface area contributed by atoms with E-state index in [0.29, 0.717) is 44.6 Å². The normalized spacial score (nSPS) is 19.9. The predicted octanol–water partition coefficient (Wildman–Crippen LogP) is 1.28. The lowest BCUT2D eigenvalue weighted by Crippen LogP contribution is -2.44. The van der Waals surface area contributed by atoms with Gasteiger partial charge in [-0.3, -0.25) is 14.4 Å². The third-order valence-corrected chi connectivity index (χ3v) is 5.88. The van der Waals surface area contributed by atoms with Crippen LogP contribution in [0.4, 0.5) is 0 Å². The Labute approximate surface area is 168 Å². The van der Waals surface area contributed by atoms with Gasteiger partial charge >= 0.3 is 0 Å². The Morgan fingerprint density at radius 2 is 2.07 bits per heavy atom. The van der Waals surface area contributed by atoms with Crippen LogP contribution in [0, 0.1) is 0 Å². The molecule has 1 amide bonds. The molecule has 0 aromatic carbocycles. The predicted molar refractivity (Wildman–Crippen MR) is 111 cm³/mol. The van der Waals surface area contributed by atoms with E-state index in [1.54, 1.807) is 0 Å². The second-order valence-corrected chi connectivity index (χ2v) is 7.98. The quantitative estimate of drug-likeness (QED) is 0.627. The topological polar surface area (TPSA) is 53.8 Å². The Hall–Kier alpha value is -1.70. The molecular weight excluding hydrogens is 354 g/mol. The van der Waals surface area contributed by atoms with Crippen molar-refractivity contribution in [2.24, 2.45) is 0 Å². The maximum atomic E-state index is 13.2. The molecule has 1 atom stereocenters. The molecule has 1 saturated heterocycles. The number of amides is 1. The van der Waals surface area contributed by atoms with Gasteiger partial charge in [0, 0.05) is 43.5 Å². The summed E-state index contributed by atoms with van der Waals surface area (Å²) >= 11 is 0. The average molecular weight is 390 g/mol. The van der Waals surface area contributed by atoms with Gasteiger partial charge in [0.25, 0.3) is 5.91 Å². The van der Waals surface area contributed by atoms with Gasteiger partial charge in [0.15, 0.2) is 5.69 Å². The third-order valence-electron chi connectivity index (χ3n) is 5.88. The first kappa shape index (κ1) is 21.0. The summed E-state index contributed by atoms with van der Waals surface area (Å²) in [6.07, 6.45) is 4.84. The van der Waals surface area contributed by atoms with Crippen molar-refractivity contribution in [2.45, 2.75) is 38.8 Å². The van der Waals surface area contributed by atoms with E-state index in [0.717, 1.165) is 44.5 Å². The average Bonchev–Trinajstić information content (AvgIpc) is 3.06. The molecule has 0 radical (unpaired) electrons. The first-order chi connectivity index (χ1) is 13.5. The minimum absolute atomic E-state index is 0.0550. The molecule has 0 bridgehead atoms. The smallest absolute Gasteiger partial charge is 0.274 e. The molecule has 1 unspecified atom stereocenters. The fourth-order valence-corrected chi connectivity index (χ4v) is 4.27. The molecule has 1 aromatic rings. The summed E-state index contributed by atoms with van der Waals surface area (Å²) in [4.78, 5) is 19.9. The number of likely N-dealkylation sites (N-methyl/N-ethyl adjacent to an activating group) is 2. The van der Waals surface area contributed by atoms with Gasteiger partial charge in [0.2, 0.25) is 0 Å². The van der Waals surface area contributed by atoms with E-state index in [1.807, 2.05) is 15.7 Å². The molecule has 1 fully saturated rings. The summed E-state index contributed by atoms with van der Waals surface area (Å²) in [6.45, 7) is 12.4. The molecule has 1 aliphatic heterocycles. The van der Waals surface area contributed by atoms with Crippen LogP contribution < -0.4 is 0 Å². The Balaban J connectivity index is 1.83. The molecule has 0 N–H and O–H groups in total. The molecule has 2 aliphatic rings. The third kappa shape index (κ3) is 4.64. The molecule has 0 spiro atoms. The number of ether oxygens (including phenoxy) is 1. The van der Waals surface area contributed by atoms with E-state index in [4.69, 9.17) is 9.84 Å². The molecule has 2 heterocycles. The molecule has 156 valence electrons. The maximum absolute atomic E-state index is 13.2. The fraction of sp³-hybridized carbons (Fsp3) is 0.714. The lowest BCUT2D eigenvalue weighted by Gasteiger charge is -2.34. The number of nitrogens with zero attached hydrogens (tertiary/aromatic N) is 5. The molecule has 28 heavy (non-hydrogen) atoms. The first-order valence-electron chi connectivity index (χ1n) is 10.5. The van der Waals surface area contributed by atoms with E-state index in [1.165, 1.54) is 5.69 Å². The van der Waals surface area contributed by atoms with Crippen LogP contribution in [0.3, 0.4) is 0 Å². The second-order valence-electron chi connectivity index (χ2n) is 7.98. The molecule has 1 aromatic heterocycles. The van der Waals surface area contributed by atoms with Crippen LogP contribution in [-0.4, -0.2) is 96.5 Å². The van der Waals surface area contributed by atoms with Crippen LogP contribution in [-0.2, 0) is 24.1 Å². The molecule has 3 rings (SSSR count). The summed E-state index contributed by atoms with van der Waals surface area (Å²) in [5.74, 6) is 0.0550. The number of hydrogen-bond donors (Lipinski definition) is 0. The monoisotopic (exact) mass is 389 g/mol. The van der Waals surface area contributed by atoms with Crippen molar-refractivity contribution in [2.75, 3.05) is 60.0 Å². The minimum atomic E-state index is 0.0550. The maximum Gasteiger partial charge on any atom is 0.274 e. The first-order valence-corrected chi connectivity index (χ1v) is 10.5. The molecule has 0 saturated carbocycles. The van der Waals surface area contributed by atoms with E-state index < -0.39 is 0 Å². The second kappa shape index (κ2) is 9.67. The number of allylic oxidation sites excluding steroid dienone is 1. The number of hydrogen-bond acceptors (Lipinski definition) is 5. The number of carbonyl (C=O) groups excluding carboxylic acids is 1. The summed E-state index contributed by atoms with van der Waals surface area (Å²) in [5.41, 5.74) is 3.02. The molecular formula is C21H35N5O2. The van der Waals surface area contributed by atoms with Crippen LogP contribution in [0.5, 0.6) is 0 Å². The Bertz CT molecular complexity index is 679. The SMILES string of the molecule is C=CCn1nc(C(=O)N2CCOCC2)c2c1CCC(N(CC)CCN(C)C)C2. The molecule has 1 aliphatic carbocycles. The lowest BCUT2D eigenvalue weighted by atomic mass is 9.90. The van der Waals surface area contributed by atoms with E-state index in [9.17, 15) is 4.79 Å². The number of fused-ring (bicyclic) bond motifs is 1. The zero-order chi connectivity index (χ0) is 20.1. The Morgan fingerprint density at radius 1 is 1.32 bits per heavy atom. The summed E-state index contributed by atoms with van der Waals surface area (Å²) < 4.78 is 7.40. The van der Waals surface area contributed by atoms with Gasteiger partial charge < -0.3 is 14.5 Å². The van der Waals surface area contributed by atoms with Crippen molar-refractivity contribution < 1.29 is 9.53 Å². The fourth-order valence-electron chi connectivity index (χ4n) is 4.27. The highest BCUT2D eigenvalue weighted by Gasteiger charge is 2.33. The minimum Gasteiger partial charge on any atom is -0.378 e. The van der Waals surface area contributed by atoms with Crippen LogP contribution in [0.1, 0.15) is 35.1 Å². The highest BCUT2D eigenvalue weighted by molar-refractivity contribution is 5.94. The lowest BCUT2D eigenvalue weighted by molar-refractivity contribution is 0.0297. The number of morpholine rings is 1. The van der Waals surface area contributed by atoms with Crippen molar-refractivity contribution in [1.29, 1.82) is 0 Å². The van der Waals surface area contributed by atoms with Gasteiger partial charge in [0.05, 0.1) is 19.8 Å². The summed E-state index contributed by atoms with van der Waals surface area (Å²) in [6, 6.07) is 0.468. The van der Waals surface area contributed by atoms with Crippen LogP contribution in [0.25, 0.3) is 0 Å². The van der Waals surface area contributed by atoms with Gasteiger partial charge in [-0.25, -0.2) is 0 Å². The highest BCUT2D eigenvalue weighted by atomic mass is 16.5. The Morgan fingerprint density at radius 3 is 2.71 bits per heavy atom. The van der Waals surface area contributed by atoms with E-state index in [-0.39, 0.29) is 5.91 Å². The van der Waals surface area contributed by atoms with Crippen molar-refractivity contribution >= 4 is 5.91 Å². The van der Waals surface area contributed by atoms with Crippen molar-refractivity contribution in [3.05, 3.63) is 29.6 Å². The van der Waals surface area contributed by atoms with E-state index in [2.05, 4.69) is 37.4 Å². The largest absolute Gasteiger partial charge is 0.378 e. The highest BCUT2D eigenvalue weighted by Crippen LogP contribution is 2.28. The van der Waals surface area contributed by atoms with Crippen molar-refractivity contribution in [1.82, 2.24) is 24.5 Å². The Kier molecular flexibility index (Phi) is 7.26. The standard InChI is InChI=1S/C21H35N5O2/c1-5-9-26-19-8-7-17(24(6-2)11-10-23(3)4)16-18(19)20(22-26)21(27)25-12-14-28-15-13-25/h5,17H,1,6-16H2,2-4H3. The van der Waals surface area contributed by atoms with Crippen LogP contribution in [0.15, 0.2) is 12.7 Å². The van der Waals surface area contributed by atoms with E-state index >= 15 is 0 Å². The summed E-state index contributed by atoms with van der Waals surface area (Å²) in [5, 5.41) is 4.74. The zero-order valence-electron chi connectivity index (χ0n) is 17.7. The number of aromatic nitrogens is 2. The number of rotatable bonds is 8. The van der Waals surface area contributed by atoms with Gasteiger partial charge in [-0.05, 0) is 39.9 Å². The van der Waals surface area contributed by atoms with Crippen LogP contribution in [0.2, 0.25) is 0 Å². The number of carbonyl (C=O) groups is 1. The molecule has 7 nitrogen and oxygen atoms in total. The van der Waals surface area contributed by atoms with Crippen molar-refractivity contribution in [3.8, 4) is 0 Å². The summed E-state index contributed by atoms with van der Waals surface area (Å²) in [7, 11) is 4.23. The van der Waals surface area contributed by atoms with Gasteiger partial charge in [-0.1, -0.05) is 13.0 Å².